The van der Waals surface area contributed by atoms with Gasteiger partial charge in [0.15, 0.2) is 0 Å². The molecule has 0 bridgehead atoms. The van der Waals surface area contributed by atoms with Gasteiger partial charge in [-0.2, -0.15) is 18.2 Å². The van der Waals surface area contributed by atoms with Crippen molar-refractivity contribution in [2.24, 2.45) is 5.92 Å². The molecular weight excluding hydrogens is 303 g/mol. The Morgan fingerprint density at radius 3 is 2.50 bits per heavy atom. The van der Waals surface area contributed by atoms with Crippen LogP contribution in [0.4, 0.5) is 13.2 Å². The summed E-state index contributed by atoms with van der Waals surface area (Å²) in [5, 5.41) is 10.8. The van der Waals surface area contributed by atoms with Crippen molar-refractivity contribution >= 4 is 5.97 Å². The molecule has 3 atom stereocenters. The van der Waals surface area contributed by atoms with Crippen LogP contribution in [0.1, 0.15) is 18.5 Å². The predicted octanol–water partition coefficient (Wildman–Crippen LogP) is 2.03. The summed E-state index contributed by atoms with van der Waals surface area (Å²) in [5.41, 5.74) is 0.406. The van der Waals surface area contributed by atoms with Crippen LogP contribution in [-0.2, 0) is 14.4 Å². The van der Waals surface area contributed by atoms with Gasteiger partial charge in [0.1, 0.15) is 5.92 Å². The summed E-state index contributed by atoms with van der Waals surface area (Å²) >= 11 is 0. The number of hydrogen-bond donors (Lipinski definition) is 1. The molecule has 1 saturated heterocycles. The van der Waals surface area contributed by atoms with Crippen molar-refractivity contribution in [3.05, 3.63) is 35.9 Å². The molecular formula is C14H16F3NO4. The molecule has 22 heavy (non-hydrogen) atoms. The second kappa shape index (κ2) is 5.86. The number of aliphatic hydroxyl groups is 1. The molecule has 0 aromatic heterocycles. The molecule has 0 unspecified atom stereocenters. The lowest BCUT2D eigenvalue weighted by Gasteiger charge is -2.29. The molecule has 5 nitrogen and oxygen atoms in total. The van der Waals surface area contributed by atoms with Crippen molar-refractivity contribution in [1.82, 2.24) is 5.06 Å². The lowest BCUT2D eigenvalue weighted by atomic mass is 9.87. The van der Waals surface area contributed by atoms with Crippen LogP contribution in [0.2, 0.25) is 0 Å². The first-order valence-electron chi connectivity index (χ1n) is 6.65. The summed E-state index contributed by atoms with van der Waals surface area (Å²) < 4.78 is 44.5. The van der Waals surface area contributed by atoms with E-state index < -0.39 is 29.9 Å². The Kier molecular flexibility index (Phi) is 4.46. The molecule has 0 amide bonds. The molecule has 1 heterocycles. The molecule has 0 aliphatic carbocycles. The maximum atomic E-state index is 13.2. The Hall–Kier alpha value is -1.64. The first kappa shape index (κ1) is 16.7. The number of ether oxygens (including phenoxy) is 1. The van der Waals surface area contributed by atoms with Crippen molar-refractivity contribution in [2.75, 3.05) is 13.7 Å². The van der Waals surface area contributed by atoms with E-state index in [9.17, 15) is 23.1 Å². The number of carbonyl (C=O) groups excluding carboxylic acids is 1. The fourth-order valence-corrected chi connectivity index (χ4v) is 2.56. The third kappa shape index (κ3) is 2.69. The predicted molar refractivity (Wildman–Crippen MR) is 69.2 cm³/mol. The minimum absolute atomic E-state index is 0.103. The van der Waals surface area contributed by atoms with Gasteiger partial charge in [0.2, 0.25) is 0 Å². The molecule has 0 radical (unpaired) electrons. The number of hydroxylamine groups is 2. The lowest BCUT2D eigenvalue weighted by molar-refractivity contribution is -0.400. The molecule has 0 saturated carbocycles. The van der Waals surface area contributed by atoms with Crippen LogP contribution in [-0.4, -0.2) is 41.8 Å². The highest BCUT2D eigenvalue weighted by atomic mass is 19.4. The van der Waals surface area contributed by atoms with E-state index in [2.05, 4.69) is 4.84 Å². The van der Waals surface area contributed by atoms with Crippen molar-refractivity contribution in [3.63, 3.8) is 0 Å². The average Bonchev–Trinajstić information content (AvgIpc) is 2.72. The molecule has 8 heteroatoms. The van der Waals surface area contributed by atoms with Gasteiger partial charge < -0.3 is 9.84 Å². The van der Waals surface area contributed by atoms with Crippen LogP contribution >= 0.6 is 0 Å². The zero-order chi connectivity index (χ0) is 16.5. The van der Waals surface area contributed by atoms with Gasteiger partial charge in [0.05, 0.1) is 12.6 Å². The summed E-state index contributed by atoms with van der Waals surface area (Å²) in [6.07, 6.45) is -5.15. The highest BCUT2D eigenvalue weighted by Gasteiger charge is 2.71. The number of alkyl halides is 3. The maximum absolute atomic E-state index is 13.2. The molecule has 1 aromatic rings. The Bertz CT molecular complexity index is 537. The van der Waals surface area contributed by atoms with Gasteiger partial charge in [0.25, 0.3) is 5.79 Å². The van der Waals surface area contributed by atoms with Crippen LogP contribution < -0.4 is 0 Å². The van der Waals surface area contributed by atoms with Crippen molar-refractivity contribution in [2.45, 2.75) is 24.9 Å². The largest absolute Gasteiger partial charge is 0.466 e. The molecule has 2 rings (SSSR count). The summed E-state index contributed by atoms with van der Waals surface area (Å²) in [6, 6.07) is 6.92. The number of rotatable bonds is 3. The second-order valence-corrected chi connectivity index (χ2v) is 4.92. The van der Waals surface area contributed by atoms with Gasteiger partial charge in [-0.3, -0.25) is 9.63 Å². The van der Waals surface area contributed by atoms with Gasteiger partial charge in [-0.15, -0.1) is 0 Å². The minimum Gasteiger partial charge on any atom is -0.466 e. The van der Waals surface area contributed by atoms with Crippen LogP contribution in [0.5, 0.6) is 0 Å². The number of halogens is 3. The number of benzene rings is 1. The first-order valence-corrected chi connectivity index (χ1v) is 6.65. The SMILES string of the molecule is CCOC(=O)[C@@H]1[C@H](c2ccccc2)N(C)O[C@]1(O)C(F)(F)F. The quantitative estimate of drug-likeness (QED) is 0.864. The van der Waals surface area contributed by atoms with Crippen molar-refractivity contribution in [1.29, 1.82) is 0 Å². The zero-order valence-corrected chi connectivity index (χ0v) is 12.0. The summed E-state index contributed by atoms with van der Waals surface area (Å²) in [5.74, 6) is -6.74. The number of carbonyl (C=O) groups is 1. The normalized spacial score (nSPS) is 29.5. The third-order valence-corrected chi connectivity index (χ3v) is 3.50. The standard InChI is InChI=1S/C14H16F3NO4/c1-3-21-12(19)10-11(9-7-5-4-6-8-9)18(2)22-13(10,20)14(15,16)17/h4-8,10-11,20H,3H2,1-2H3/t10-,11-,13-/m0/s1. The summed E-state index contributed by atoms with van der Waals surface area (Å²) in [7, 11) is 1.23. The lowest BCUT2D eigenvalue weighted by Crippen LogP contribution is -2.53. The molecule has 1 aliphatic rings. The highest BCUT2D eigenvalue weighted by Crippen LogP contribution is 2.51. The second-order valence-electron chi connectivity index (χ2n) is 4.92. The molecule has 122 valence electrons. The van der Waals surface area contributed by atoms with E-state index in [4.69, 9.17) is 4.74 Å². The van der Waals surface area contributed by atoms with Gasteiger partial charge in [-0.05, 0) is 12.5 Å². The van der Waals surface area contributed by atoms with Crippen LogP contribution in [0.25, 0.3) is 0 Å². The highest BCUT2D eigenvalue weighted by molar-refractivity contribution is 5.75. The van der Waals surface area contributed by atoms with E-state index in [0.717, 1.165) is 5.06 Å². The Balaban J connectivity index is 2.50. The number of esters is 1. The van der Waals surface area contributed by atoms with E-state index in [-0.39, 0.29) is 6.61 Å². The van der Waals surface area contributed by atoms with Gasteiger partial charge in [-0.25, -0.2) is 0 Å². The Labute approximate surface area is 125 Å². The fraction of sp³-hybridized carbons (Fsp3) is 0.500. The average molecular weight is 319 g/mol. The maximum Gasteiger partial charge on any atom is 0.445 e. The van der Waals surface area contributed by atoms with Gasteiger partial charge in [0, 0.05) is 7.05 Å². The molecule has 0 spiro atoms. The number of nitrogens with zero attached hydrogens (tertiary/aromatic N) is 1. The summed E-state index contributed by atoms with van der Waals surface area (Å²) in [4.78, 5) is 16.7. The Morgan fingerprint density at radius 2 is 2.00 bits per heavy atom. The minimum atomic E-state index is -5.15. The first-order chi connectivity index (χ1) is 10.2. The molecule has 1 aromatic carbocycles. The Morgan fingerprint density at radius 1 is 1.41 bits per heavy atom. The van der Waals surface area contributed by atoms with E-state index in [1.54, 1.807) is 30.3 Å². The number of hydrogen-bond acceptors (Lipinski definition) is 5. The van der Waals surface area contributed by atoms with E-state index in [0.29, 0.717) is 5.56 Å². The van der Waals surface area contributed by atoms with Crippen molar-refractivity contribution in [3.8, 4) is 0 Å². The van der Waals surface area contributed by atoms with Crippen molar-refractivity contribution < 1.29 is 32.6 Å². The monoisotopic (exact) mass is 319 g/mol. The fourth-order valence-electron chi connectivity index (χ4n) is 2.56. The van der Waals surface area contributed by atoms with Crippen LogP contribution in [0.15, 0.2) is 30.3 Å². The molecule has 1 fully saturated rings. The van der Waals surface area contributed by atoms with E-state index >= 15 is 0 Å². The zero-order valence-electron chi connectivity index (χ0n) is 12.0. The van der Waals surface area contributed by atoms with Gasteiger partial charge in [-0.1, -0.05) is 30.3 Å². The van der Waals surface area contributed by atoms with Gasteiger partial charge >= 0.3 is 12.1 Å². The van der Waals surface area contributed by atoms with Crippen LogP contribution in [0.3, 0.4) is 0 Å². The van der Waals surface area contributed by atoms with E-state index in [1.807, 2.05) is 0 Å². The topological polar surface area (TPSA) is 59.0 Å². The third-order valence-electron chi connectivity index (χ3n) is 3.50. The van der Waals surface area contributed by atoms with E-state index in [1.165, 1.54) is 14.0 Å². The molecule has 1 aliphatic heterocycles. The molecule has 1 N–H and O–H groups in total. The smallest absolute Gasteiger partial charge is 0.445 e. The summed E-state index contributed by atoms with van der Waals surface area (Å²) in [6.45, 7) is 1.37. The van der Waals surface area contributed by atoms with Crippen LogP contribution in [0, 0.1) is 5.92 Å².